The van der Waals surface area contributed by atoms with Crippen LogP contribution in [0, 0.1) is 5.92 Å². The van der Waals surface area contributed by atoms with Crippen molar-refractivity contribution in [3.05, 3.63) is 38.3 Å². The summed E-state index contributed by atoms with van der Waals surface area (Å²) in [5, 5.41) is 12.4. The van der Waals surface area contributed by atoms with Gasteiger partial charge in [0.2, 0.25) is 17.7 Å². The number of fused-ring (bicyclic) bond motifs is 2. The lowest BCUT2D eigenvalue weighted by atomic mass is 9.83. The highest BCUT2D eigenvalue weighted by atomic mass is 32.2. The number of nitrogens with zero attached hydrogens (tertiary/aromatic N) is 2. The number of likely N-dealkylation sites (tertiary alicyclic amines) is 1. The van der Waals surface area contributed by atoms with Crippen molar-refractivity contribution in [2.75, 3.05) is 19.7 Å². The summed E-state index contributed by atoms with van der Waals surface area (Å²) in [5.41, 5.74) is 0.665. The van der Waals surface area contributed by atoms with Crippen LogP contribution in [0.3, 0.4) is 0 Å². The highest BCUT2D eigenvalue weighted by molar-refractivity contribution is 8.00. The van der Waals surface area contributed by atoms with Gasteiger partial charge in [0, 0.05) is 23.9 Å². The summed E-state index contributed by atoms with van der Waals surface area (Å²) in [5.74, 6) is -1.93. The third kappa shape index (κ3) is 3.90. The minimum Gasteiger partial charge on any atom is -0.504 e. The molecule has 2 saturated heterocycles. The van der Waals surface area contributed by atoms with Gasteiger partial charge in [0.05, 0.1) is 17.6 Å². The van der Waals surface area contributed by atoms with E-state index in [2.05, 4.69) is 5.32 Å². The SMILES string of the molecule is CCOc1cc([C@@H]2c3sc(=O)n(CC(=O)N4CCCCC4)c3SC3C(=O)NC(=O)C32)ccc1O. The Morgan fingerprint density at radius 2 is 1.94 bits per heavy atom. The van der Waals surface area contributed by atoms with Crippen LogP contribution < -0.4 is 14.9 Å². The van der Waals surface area contributed by atoms with Crippen LogP contribution in [0.2, 0.25) is 0 Å². The average Bonchev–Trinajstić information content (AvgIpc) is 3.29. The normalized spacial score (nSPS) is 23.9. The molecule has 2 N–H and O–H groups in total. The van der Waals surface area contributed by atoms with Gasteiger partial charge in [-0.25, -0.2) is 0 Å². The molecule has 0 aliphatic carbocycles. The molecule has 34 heavy (non-hydrogen) atoms. The minimum atomic E-state index is -0.709. The molecule has 3 amide bonds. The van der Waals surface area contributed by atoms with Gasteiger partial charge in [0.15, 0.2) is 11.5 Å². The van der Waals surface area contributed by atoms with Crippen LogP contribution in [0.4, 0.5) is 0 Å². The van der Waals surface area contributed by atoms with E-state index in [0.717, 1.165) is 30.6 Å². The van der Waals surface area contributed by atoms with Gasteiger partial charge in [-0.3, -0.25) is 29.1 Å². The van der Waals surface area contributed by atoms with Crippen LogP contribution in [-0.4, -0.2) is 57.2 Å². The lowest BCUT2D eigenvalue weighted by Crippen LogP contribution is -2.39. The van der Waals surface area contributed by atoms with E-state index in [4.69, 9.17) is 4.74 Å². The molecule has 2 unspecified atom stereocenters. The maximum absolute atomic E-state index is 13.1. The Balaban J connectivity index is 1.58. The molecule has 3 aliphatic rings. The first-order valence-electron chi connectivity index (χ1n) is 11.4. The van der Waals surface area contributed by atoms with Gasteiger partial charge < -0.3 is 14.7 Å². The Bertz CT molecular complexity index is 1220. The number of imide groups is 1. The Morgan fingerprint density at radius 1 is 1.18 bits per heavy atom. The second-order valence-electron chi connectivity index (χ2n) is 8.62. The number of hydrogen-bond donors (Lipinski definition) is 2. The van der Waals surface area contributed by atoms with E-state index in [0.29, 0.717) is 35.2 Å². The van der Waals surface area contributed by atoms with Gasteiger partial charge in [0.1, 0.15) is 11.8 Å². The molecule has 180 valence electrons. The molecular weight excluding hydrogens is 478 g/mol. The van der Waals surface area contributed by atoms with E-state index in [1.807, 2.05) is 0 Å². The number of aromatic hydroxyl groups is 1. The molecule has 1 aromatic heterocycles. The fourth-order valence-electron chi connectivity index (χ4n) is 4.91. The van der Waals surface area contributed by atoms with Gasteiger partial charge in [-0.05, 0) is 43.9 Å². The standard InChI is InChI=1S/C23H25N3O6S2/c1-2-32-14-10-12(6-7-13(14)27)16-17-18(21(30)24-20(17)29)33-22-19(16)34-23(31)26(22)11-15(28)25-8-4-3-5-9-25/h6-7,10,16-18,27H,2-5,8-9,11H2,1H3,(H,24,29,30)/t16-,17?,18?/m0/s1. The molecule has 11 heteroatoms. The number of rotatable bonds is 5. The summed E-state index contributed by atoms with van der Waals surface area (Å²) in [7, 11) is 0. The third-order valence-electron chi connectivity index (χ3n) is 6.53. The number of ether oxygens (including phenoxy) is 1. The average molecular weight is 504 g/mol. The fourth-order valence-corrected chi connectivity index (χ4v) is 7.65. The number of thioether (sulfide) groups is 1. The molecule has 0 radical (unpaired) electrons. The number of carbonyl (C=O) groups excluding carboxylic acids is 3. The van der Waals surface area contributed by atoms with Crippen molar-refractivity contribution in [2.24, 2.45) is 5.92 Å². The monoisotopic (exact) mass is 503 g/mol. The summed E-state index contributed by atoms with van der Waals surface area (Å²) >= 11 is 2.19. The number of carbonyl (C=O) groups is 3. The molecule has 5 rings (SSSR count). The largest absolute Gasteiger partial charge is 0.504 e. The van der Waals surface area contributed by atoms with Gasteiger partial charge in [-0.1, -0.05) is 29.2 Å². The van der Waals surface area contributed by atoms with E-state index in [-0.39, 0.29) is 34.7 Å². The van der Waals surface area contributed by atoms with E-state index in [1.54, 1.807) is 24.0 Å². The van der Waals surface area contributed by atoms with Crippen molar-refractivity contribution in [3.63, 3.8) is 0 Å². The maximum atomic E-state index is 13.1. The van der Waals surface area contributed by atoms with E-state index in [1.165, 1.54) is 22.4 Å². The molecule has 1 aromatic carbocycles. The van der Waals surface area contributed by atoms with Crippen molar-refractivity contribution in [3.8, 4) is 11.5 Å². The van der Waals surface area contributed by atoms with Crippen LogP contribution >= 0.6 is 23.1 Å². The number of hydrogen-bond acceptors (Lipinski definition) is 8. The zero-order chi connectivity index (χ0) is 24.0. The van der Waals surface area contributed by atoms with E-state index in [9.17, 15) is 24.3 Å². The van der Waals surface area contributed by atoms with Crippen LogP contribution in [0.5, 0.6) is 11.5 Å². The van der Waals surface area contributed by atoms with Crippen molar-refractivity contribution < 1.29 is 24.2 Å². The second kappa shape index (κ2) is 9.10. The predicted molar refractivity (Wildman–Crippen MR) is 126 cm³/mol. The first kappa shape index (κ1) is 23.0. The third-order valence-corrected chi connectivity index (χ3v) is 9.15. The first-order valence-corrected chi connectivity index (χ1v) is 13.1. The van der Waals surface area contributed by atoms with Gasteiger partial charge in [-0.15, -0.1) is 0 Å². The molecule has 4 heterocycles. The molecule has 9 nitrogen and oxygen atoms in total. The van der Waals surface area contributed by atoms with Crippen molar-refractivity contribution >= 4 is 40.8 Å². The number of thiazole rings is 1. The van der Waals surface area contributed by atoms with Gasteiger partial charge >= 0.3 is 4.87 Å². The minimum absolute atomic E-state index is 0.0302. The Kier molecular flexibility index (Phi) is 6.15. The first-order chi connectivity index (χ1) is 16.4. The number of nitrogens with one attached hydrogen (secondary N) is 1. The van der Waals surface area contributed by atoms with Crippen LogP contribution in [0.25, 0.3) is 0 Å². The lowest BCUT2D eigenvalue weighted by Gasteiger charge is -2.31. The van der Waals surface area contributed by atoms with Crippen LogP contribution in [0.1, 0.15) is 42.5 Å². The van der Waals surface area contributed by atoms with E-state index < -0.39 is 23.0 Å². The van der Waals surface area contributed by atoms with Crippen molar-refractivity contribution in [2.45, 2.75) is 48.9 Å². The zero-order valence-corrected chi connectivity index (χ0v) is 20.2. The predicted octanol–water partition coefficient (Wildman–Crippen LogP) is 1.91. The maximum Gasteiger partial charge on any atom is 0.308 e. The number of benzene rings is 1. The number of amides is 3. The second-order valence-corrected chi connectivity index (χ2v) is 10.7. The summed E-state index contributed by atoms with van der Waals surface area (Å²) in [6, 6.07) is 4.83. The van der Waals surface area contributed by atoms with Crippen molar-refractivity contribution in [1.29, 1.82) is 0 Å². The molecule has 2 fully saturated rings. The molecular formula is C23H25N3O6S2. The highest BCUT2D eigenvalue weighted by Crippen LogP contribution is 2.52. The Morgan fingerprint density at radius 3 is 2.68 bits per heavy atom. The summed E-state index contributed by atoms with van der Waals surface area (Å²) in [4.78, 5) is 53.6. The van der Waals surface area contributed by atoms with Crippen molar-refractivity contribution in [1.82, 2.24) is 14.8 Å². The smallest absolute Gasteiger partial charge is 0.308 e. The zero-order valence-electron chi connectivity index (χ0n) is 18.6. The Hall–Kier alpha value is -2.79. The lowest BCUT2D eigenvalue weighted by molar-refractivity contribution is -0.133. The van der Waals surface area contributed by atoms with Crippen LogP contribution in [-0.2, 0) is 20.9 Å². The fraction of sp³-hybridized carbons (Fsp3) is 0.478. The van der Waals surface area contributed by atoms with Gasteiger partial charge in [0.25, 0.3) is 0 Å². The summed E-state index contributed by atoms with van der Waals surface area (Å²) < 4.78 is 6.98. The highest BCUT2D eigenvalue weighted by Gasteiger charge is 2.53. The summed E-state index contributed by atoms with van der Waals surface area (Å²) in [6.45, 7) is 3.43. The number of phenols is 1. The topological polar surface area (TPSA) is 118 Å². The molecule has 0 saturated carbocycles. The van der Waals surface area contributed by atoms with Gasteiger partial charge in [-0.2, -0.15) is 0 Å². The number of phenolic OH excluding ortho intramolecular Hbond substituents is 1. The molecule has 3 aliphatic heterocycles. The van der Waals surface area contributed by atoms with Crippen LogP contribution in [0.15, 0.2) is 28.0 Å². The number of aromatic nitrogens is 1. The molecule has 2 aromatic rings. The quantitative estimate of drug-likeness (QED) is 0.599. The molecule has 0 bridgehead atoms. The van der Waals surface area contributed by atoms with E-state index >= 15 is 0 Å². The number of piperidine rings is 1. The Labute approximate surface area is 204 Å². The molecule has 3 atom stereocenters. The summed E-state index contributed by atoms with van der Waals surface area (Å²) in [6.07, 6.45) is 3.00. The molecule has 0 spiro atoms.